The molecular formula is C12H26N4. The number of rotatable bonds is 2. The van der Waals surface area contributed by atoms with Gasteiger partial charge in [0, 0.05) is 6.54 Å². The van der Waals surface area contributed by atoms with Gasteiger partial charge in [0.15, 0.2) is 0 Å². The molecule has 0 spiro atoms. The number of nitrogens with two attached hydrogens (primary N) is 1. The van der Waals surface area contributed by atoms with Gasteiger partial charge in [-0.2, -0.15) is 0 Å². The van der Waals surface area contributed by atoms with Crippen LogP contribution in [-0.2, 0) is 0 Å². The summed E-state index contributed by atoms with van der Waals surface area (Å²) < 4.78 is 0. The van der Waals surface area contributed by atoms with Gasteiger partial charge < -0.3 is 5.32 Å². The average molecular weight is 226 g/mol. The molecule has 2 saturated heterocycles. The van der Waals surface area contributed by atoms with Crippen molar-refractivity contribution < 1.29 is 0 Å². The van der Waals surface area contributed by atoms with Crippen molar-refractivity contribution >= 4 is 0 Å². The summed E-state index contributed by atoms with van der Waals surface area (Å²) in [6.07, 6.45) is 6.07. The van der Waals surface area contributed by atoms with Crippen molar-refractivity contribution in [3.63, 3.8) is 0 Å². The predicted molar refractivity (Wildman–Crippen MR) is 66.4 cm³/mol. The number of nitrogens with one attached hydrogen (secondary N) is 2. The number of piperidine rings is 2. The van der Waals surface area contributed by atoms with Crippen molar-refractivity contribution in [1.29, 1.82) is 0 Å². The van der Waals surface area contributed by atoms with E-state index in [9.17, 15) is 0 Å². The van der Waals surface area contributed by atoms with Gasteiger partial charge in [-0.25, -0.2) is 5.43 Å². The number of likely N-dealkylation sites (tertiary alicyclic amines) is 1. The van der Waals surface area contributed by atoms with Crippen molar-refractivity contribution in [2.75, 3.05) is 13.1 Å². The van der Waals surface area contributed by atoms with Crippen molar-refractivity contribution in [2.45, 2.75) is 51.9 Å². The van der Waals surface area contributed by atoms with Crippen LogP contribution in [0.4, 0.5) is 0 Å². The second-order valence-corrected chi connectivity index (χ2v) is 5.49. The van der Waals surface area contributed by atoms with E-state index in [-0.39, 0.29) is 0 Å². The summed E-state index contributed by atoms with van der Waals surface area (Å²) in [5.41, 5.74) is 3.01. The summed E-state index contributed by atoms with van der Waals surface area (Å²) in [6, 6.07) is 0. The van der Waals surface area contributed by atoms with E-state index in [2.05, 4.69) is 29.5 Å². The third-order valence-electron chi connectivity index (χ3n) is 4.23. The maximum Gasteiger partial charge on any atom is 0.0764 e. The minimum absolute atomic E-state index is 0.340. The Morgan fingerprint density at radius 1 is 1.19 bits per heavy atom. The van der Waals surface area contributed by atoms with E-state index in [1.54, 1.807) is 0 Å². The van der Waals surface area contributed by atoms with Crippen LogP contribution in [0.25, 0.3) is 0 Å². The molecule has 4 atom stereocenters. The van der Waals surface area contributed by atoms with E-state index in [1.807, 2.05) is 0 Å². The molecule has 94 valence electrons. The third kappa shape index (κ3) is 2.40. The van der Waals surface area contributed by atoms with E-state index in [0.717, 1.165) is 12.5 Å². The van der Waals surface area contributed by atoms with E-state index in [1.165, 1.54) is 32.2 Å². The highest BCUT2D eigenvalue weighted by atomic mass is 15.4. The maximum absolute atomic E-state index is 5.72. The summed E-state index contributed by atoms with van der Waals surface area (Å²) in [6.45, 7) is 6.96. The Hall–Kier alpha value is -0.160. The lowest BCUT2D eigenvalue weighted by Crippen LogP contribution is -2.64. The van der Waals surface area contributed by atoms with Crippen LogP contribution >= 0.6 is 0 Å². The van der Waals surface area contributed by atoms with E-state index in [4.69, 9.17) is 5.84 Å². The molecule has 0 bridgehead atoms. The van der Waals surface area contributed by atoms with Gasteiger partial charge >= 0.3 is 0 Å². The predicted octanol–water partition coefficient (Wildman–Crippen LogP) is 0.853. The zero-order chi connectivity index (χ0) is 11.5. The molecule has 16 heavy (non-hydrogen) atoms. The van der Waals surface area contributed by atoms with Crippen LogP contribution in [0.2, 0.25) is 0 Å². The van der Waals surface area contributed by atoms with Gasteiger partial charge in [-0.3, -0.25) is 10.7 Å². The molecule has 0 aromatic carbocycles. The van der Waals surface area contributed by atoms with Gasteiger partial charge in [-0.05, 0) is 44.1 Å². The minimum atomic E-state index is 0.340. The summed E-state index contributed by atoms with van der Waals surface area (Å²) in [4.78, 5) is 2.54. The van der Waals surface area contributed by atoms with Crippen LogP contribution in [0.3, 0.4) is 0 Å². The highest BCUT2D eigenvalue weighted by Gasteiger charge is 2.35. The Labute approximate surface area is 98.9 Å². The Balaban J connectivity index is 2.04. The van der Waals surface area contributed by atoms with E-state index >= 15 is 0 Å². The molecule has 0 radical (unpaired) electrons. The van der Waals surface area contributed by atoms with Crippen LogP contribution in [-0.4, -0.2) is 30.3 Å². The SMILES string of the molecule is CC1CCCN(C2NCCCC2C)C1NN. The molecule has 0 aromatic rings. The molecule has 4 heteroatoms. The second-order valence-electron chi connectivity index (χ2n) is 5.49. The highest BCUT2D eigenvalue weighted by Crippen LogP contribution is 2.27. The third-order valence-corrected chi connectivity index (χ3v) is 4.23. The summed E-state index contributed by atoms with van der Waals surface area (Å²) in [5, 5.41) is 3.65. The lowest BCUT2D eigenvalue weighted by molar-refractivity contribution is -0.00940. The Bertz CT molecular complexity index is 221. The number of hydrogen-bond donors (Lipinski definition) is 3. The molecular weight excluding hydrogens is 200 g/mol. The van der Waals surface area contributed by atoms with Gasteiger partial charge in [0.2, 0.25) is 0 Å². The molecule has 2 fully saturated rings. The van der Waals surface area contributed by atoms with Crippen molar-refractivity contribution in [3.05, 3.63) is 0 Å². The molecule has 4 nitrogen and oxygen atoms in total. The zero-order valence-electron chi connectivity index (χ0n) is 10.6. The molecule has 2 aliphatic rings. The first-order valence-electron chi connectivity index (χ1n) is 6.69. The van der Waals surface area contributed by atoms with Crippen molar-refractivity contribution in [2.24, 2.45) is 17.7 Å². The molecule has 2 aliphatic heterocycles. The Morgan fingerprint density at radius 3 is 2.62 bits per heavy atom. The standard InChI is InChI=1S/C12H26N4/c1-9-5-3-7-14-11(9)16-8-4-6-10(2)12(16)15-13/h9-12,14-15H,3-8,13H2,1-2H3. The first-order valence-corrected chi connectivity index (χ1v) is 6.69. The summed E-state index contributed by atoms with van der Waals surface area (Å²) >= 11 is 0. The first kappa shape index (κ1) is 12.3. The lowest BCUT2D eigenvalue weighted by Gasteiger charge is -2.47. The summed E-state index contributed by atoms with van der Waals surface area (Å²) in [7, 11) is 0. The van der Waals surface area contributed by atoms with E-state index < -0.39 is 0 Å². The van der Waals surface area contributed by atoms with Gasteiger partial charge in [0.05, 0.1) is 12.3 Å². The highest BCUT2D eigenvalue weighted by molar-refractivity contribution is 4.87. The van der Waals surface area contributed by atoms with E-state index in [0.29, 0.717) is 18.2 Å². The quantitative estimate of drug-likeness (QED) is 0.483. The minimum Gasteiger partial charge on any atom is -0.301 e. The smallest absolute Gasteiger partial charge is 0.0764 e. The van der Waals surface area contributed by atoms with Crippen LogP contribution in [0.1, 0.15) is 39.5 Å². The van der Waals surface area contributed by atoms with Gasteiger partial charge in [0.1, 0.15) is 0 Å². The summed E-state index contributed by atoms with van der Waals surface area (Å²) in [5.74, 6) is 7.10. The average Bonchev–Trinajstić information content (AvgIpc) is 2.29. The Kier molecular flexibility index (Phi) is 4.19. The van der Waals surface area contributed by atoms with Crippen LogP contribution in [0.15, 0.2) is 0 Å². The largest absolute Gasteiger partial charge is 0.301 e. The fourth-order valence-electron chi connectivity index (χ4n) is 3.27. The topological polar surface area (TPSA) is 53.3 Å². The molecule has 2 rings (SSSR count). The van der Waals surface area contributed by atoms with Crippen molar-refractivity contribution in [3.8, 4) is 0 Å². The number of hydrazine groups is 1. The molecule has 4 unspecified atom stereocenters. The lowest BCUT2D eigenvalue weighted by atomic mass is 9.91. The molecule has 0 saturated carbocycles. The molecule has 4 N–H and O–H groups in total. The number of hydrogen-bond acceptors (Lipinski definition) is 4. The maximum atomic E-state index is 5.72. The van der Waals surface area contributed by atoms with Crippen LogP contribution in [0.5, 0.6) is 0 Å². The van der Waals surface area contributed by atoms with Crippen LogP contribution < -0.4 is 16.6 Å². The van der Waals surface area contributed by atoms with Crippen molar-refractivity contribution in [1.82, 2.24) is 15.6 Å². The van der Waals surface area contributed by atoms with Crippen LogP contribution in [0, 0.1) is 11.8 Å². The van der Waals surface area contributed by atoms with Gasteiger partial charge in [0.25, 0.3) is 0 Å². The number of nitrogens with zero attached hydrogens (tertiary/aromatic N) is 1. The normalized spacial score (nSPS) is 42.2. The molecule has 0 amide bonds. The van der Waals surface area contributed by atoms with Gasteiger partial charge in [-0.15, -0.1) is 0 Å². The first-order chi connectivity index (χ1) is 7.74. The Morgan fingerprint density at radius 2 is 1.94 bits per heavy atom. The monoisotopic (exact) mass is 226 g/mol. The fourth-order valence-corrected chi connectivity index (χ4v) is 3.27. The fraction of sp³-hybridized carbons (Fsp3) is 1.00. The zero-order valence-corrected chi connectivity index (χ0v) is 10.6. The second kappa shape index (κ2) is 5.45. The molecule has 2 heterocycles. The van der Waals surface area contributed by atoms with Gasteiger partial charge in [-0.1, -0.05) is 13.8 Å². The molecule has 0 aliphatic carbocycles. The molecule has 0 aromatic heterocycles.